The topological polar surface area (TPSA) is 43.1 Å². The van der Waals surface area contributed by atoms with Crippen molar-refractivity contribution in [3.8, 4) is 0 Å². The zero-order chi connectivity index (χ0) is 12.6. The maximum absolute atomic E-state index is 12.2. The Bertz CT molecular complexity index is 592. The first-order chi connectivity index (χ1) is 8.00. The Kier molecular flexibility index (Phi) is 3.43. The summed E-state index contributed by atoms with van der Waals surface area (Å²) in [5, 5.41) is 2.74. The van der Waals surface area contributed by atoms with Crippen molar-refractivity contribution in [2.45, 2.75) is 6.92 Å². The van der Waals surface area contributed by atoms with Crippen LogP contribution in [0.25, 0.3) is 0 Å². The maximum Gasteiger partial charge on any atom is 0.204 e. The van der Waals surface area contributed by atoms with E-state index in [1.165, 1.54) is 11.3 Å². The first-order valence-corrected chi connectivity index (χ1v) is 6.47. The molecule has 0 atom stereocenters. The number of hydrogen-bond donors (Lipinski definition) is 1. The number of carbonyl (C=O) groups excluding carboxylic acids is 1. The minimum Gasteiger partial charge on any atom is -0.398 e. The summed E-state index contributed by atoms with van der Waals surface area (Å²) in [6, 6.07) is 4.82. The summed E-state index contributed by atoms with van der Waals surface area (Å²) in [6.45, 7) is 1.87. The van der Waals surface area contributed by atoms with Crippen LogP contribution in [0, 0.1) is 6.92 Å². The molecule has 1 heterocycles. The van der Waals surface area contributed by atoms with Gasteiger partial charge in [-0.15, -0.1) is 11.3 Å². The number of ketones is 1. The largest absolute Gasteiger partial charge is 0.398 e. The van der Waals surface area contributed by atoms with Gasteiger partial charge in [-0.2, -0.15) is 0 Å². The third-order valence-corrected chi connectivity index (χ3v) is 4.39. The minimum absolute atomic E-state index is 0.130. The van der Waals surface area contributed by atoms with Gasteiger partial charge in [-0.05, 0) is 36.1 Å². The normalized spacial score (nSPS) is 10.5. The van der Waals surface area contributed by atoms with Crippen molar-refractivity contribution in [2.24, 2.45) is 0 Å². The SMILES string of the molecule is Cc1csc(C(=O)c2ccc(N)c(Cl)c2)c1Cl. The number of rotatable bonds is 2. The van der Waals surface area contributed by atoms with Gasteiger partial charge in [0.2, 0.25) is 5.78 Å². The van der Waals surface area contributed by atoms with Gasteiger partial charge in [0.05, 0.1) is 20.6 Å². The van der Waals surface area contributed by atoms with Crippen LogP contribution in [0.2, 0.25) is 10.0 Å². The number of nitrogens with two attached hydrogens (primary N) is 1. The molecule has 1 aromatic carbocycles. The van der Waals surface area contributed by atoms with E-state index < -0.39 is 0 Å². The predicted molar refractivity (Wildman–Crippen MR) is 73.4 cm³/mol. The molecule has 2 N–H and O–H groups in total. The van der Waals surface area contributed by atoms with Gasteiger partial charge in [-0.3, -0.25) is 4.79 Å². The summed E-state index contributed by atoms with van der Waals surface area (Å²) in [7, 11) is 0. The van der Waals surface area contributed by atoms with E-state index in [9.17, 15) is 4.79 Å². The van der Waals surface area contributed by atoms with Crippen molar-refractivity contribution in [1.82, 2.24) is 0 Å². The van der Waals surface area contributed by atoms with Crippen LogP contribution in [0.1, 0.15) is 20.8 Å². The summed E-state index contributed by atoms with van der Waals surface area (Å²) in [5.74, 6) is -0.130. The van der Waals surface area contributed by atoms with E-state index in [4.69, 9.17) is 28.9 Å². The number of benzene rings is 1. The molecule has 0 aliphatic heterocycles. The van der Waals surface area contributed by atoms with Gasteiger partial charge in [-0.1, -0.05) is 23.2 Å². The van der Waals surface area contributed by atoms with Gasteiger partial charge in [-0.25, -0.2) is 0 Å². The molecule has 0 bridgehead atoms. The summed E-state index contributed by atoms with van der Waals surface area (Å²) in [6.07, 6.45) is 0. The average Bonchev–Trinajstić information content (AvgIpc) is 2.63. The van der Waals surface area contributed by atoms with Crippen molar-refractivity contribution in [1.29, 1.82) is 0 Å². The van der Waals surface area contributed by atoms with Crippen molar-refractivity contribution >= 4 is 46.0 Å². The Balaban J connectivity index is 2.44. The van der Waals surface area contributed by atoms with Gasteiger partial charge < -0.3 is 5.73 Å². The van der Waals surface area contributed by atoms with E-state index in [2.05, 4.69) is 0 Å². The second-order valence-corrected chi connectivity index (χ2v) is 5.29. The van der Waals surface area contributed by atoms with Crippen molar-refractivity contribution in [3.63, 3.8) is 0 Å². The molecule has 0 unspecified atom stereocenters. The van der Waals surface area contributed by atoms with Crippen LogP contribution < -0.4 is 5.73 Å². The molecule has 0 aliphatic rings. The van der Waals surface area contributed by atoms with Gasteiger partial charge in [0.1, 0.15) is 0 Å². The molecule has 2 rings (SSSR count). The first-order valence-electron chi connectivity index (χ1n) is 4.84. The van der Waals surface area contributed by atoms with E-state index >= 15 is 0 Å². The smallest absolute Gasteiger partial charge is 0.204 e. The van der Waals surface area contributed by atoms with E-state index in [0.29, 0.717) is 26.2 Å². The number of anilines is 1. The van der Waals surface area contributed by atoms with Crippen LogP contribution in [0.3, 0.4) is 0 Å². The number of hydrogen-bond acceptors (Lipinski definition) is 3. The third kappa shape index (κ3) is 2.32. The van der Waals surface area contributed by atoms with Crippen molar-refractivity contribution in [3.05, 3.63) is 49.6 Å². The molecule has 0 amide bonds. The molecule has 2 nitrogen and oxygen atoms in total. The fourth-order valence-electron chi connectivity index (χ4n) is 1.38. The van der Waals surface area contributed by atoms with Crippen LogP contribution >= 0.6 is 34.5 Å². The van der Waals surface area contributed by atoms with Gasteiger partial charge in [0, 0.05) is 5.56 Å². The Morgan fingerprint density at radius 3 is 2.59 bits per heavy atom. The third-order valence-electron chi connectivity index (χ3n) is 2.37. The molecule has 0 spiro atoms. The van der Waals surface area contributed by atoms with Gasteiger partial charge >= 0.3 is 0 Å². The van der Waals surface area contributed by atoms with E-state index in [0.717, 1.165) is 5.56 Å². The van der Waals surface area contributed by atoms with Gasteiger partial charge in [0.15, 0.2) is 0 Å². The van der Waals surface area contributed by atoms with Crippen LogP contribution in [-0.4, -0.2) is 5.78 Å². The van der Waals surface area contributed by atoms with Gasteiger partial charge in [0.25, 0.3) is 0 Å². The number of carbonyl (C=O) groups is 1. The Hall–Kier alpha value is -1.03. The molecule has 0 radical (unpaired) electrons. The highest BCUT2D eigenvalue weighted by atomic mass is 35.5. The fraction of sp³-hybridized carbons (Fsp3) is 0.0833. The Labute approximate surface area is 113 Å². The van der Waals surface area contributed by atoms with Crippen molar-refractivity contribution < 1.29 is 4.79 Å². The van der Waals surface area contributed by atoms with Crippen LogP contribution in [-0.2, 0) is 0 Å². The summed E-state index contributed by atoms with van der Waals surface area (Å²) in [5.41, 5.74) is 7.45. The molecule has 0 aliphatic carbocycles. The maximum atomic E-state index is 12.2. The summed E-state index contributed by atoms with van der Waals surface area (Å²) < 4.78 is 0. The molecular formula is C12H9Cl2NOS. The molecule has 88 valence electrons. The summed E-state index contributed by atoms with van der Waals surface area (Å²) >= 11 is 13.3. The Morgan fingerprint density at radius 2 is 2.06 bits per heavy atom. The van der Waals surface area contributed by atoms with Crippen LogP contribution in [0.4, 0.5) is 5.69 Å². The second-order valence-electron chi connectivity index (χ2n) is 3.63. The monoisotopic (exact) mass is 285 g/mol. The lowest BCUT2D eigenvalue weighted by Gasteiger charge is -2.02. The molecule has 0 saturated heterocycles. The standard InChI is InChI=1S/C12H9Cl2NOS/c1-6-5-17-12(10(6)14)11(16)7-2-3-9(15)8(13)4-7/h2-5H,15H2,1H3. The zero-order valence-electron chi connectivity index (χ0n) is 8.96. The van der Waals surface area contributed by atoms with Crippen LogP contribution in [0.5, 0.6) is 0 Å². The van der Waals surface area contributed by atoms with E-state index in [-0.39, 0.29) is 5.78 Å². The lowest BCUT2D eigenvalue weighted by Crippen LogP contribution is -2.00. The molecule has 0 fully saturated rings. The highest BCUT2D eigenvalue weighted by Gasteiger charge is 2.17. The average molecular weight is 286 g/mol. The highest BCUT2D eigenvalue weighted by molar-refractivity contribution is 7.13. The number of nitrogen functional groups attached to an aromatic ring is 1. The molecule has 0 saturated carbocycles. The van der Waals surface area contributed by atoms with Crippen molar-refractivity contribution in [2.75, 3.05) is 5.73 Å². The number of aryl methyl sites for hydroxylation is 1. The highest BCUT2D eigenvalue weighted by Crippen LogP contribution is 2.30. The molecule has 17 heavy (non-hydrogen) atoms. The minimum atomic E-state index is -0.130. The second kappa shape index (κ2) is 4.69. The summed E-state index contributed by atoms with van der Waals surface area (Å²) in [4.78, 5) is 12.7. The van der Waals surface area contributed by atoms with E-state index in [1.807, 2.05) is 12.3 Å². The molecule has 5 heteroatoms. The predicted octanol–water partition coefficient (Wildman–Crippen LogP) is 4.18. The molecule has 1 aromatic heterocycles. The number of halogens is 2. The quantitative estimate of drug-likeness (QED) is 0.665. The molecule has 2 aromatic rings. The Morgan fingerprint density at radius 1 is 1.35 bits per heavy atom. The lowest BCUT2D eigenvalue weighted by atomic mass is 10.1. The molecular weight excluding hydrogens is 277 g/mol. The fourth-order valence-corrected chi connectivity index (χ4v) is 2.80. The van der Waals surface area contributed by atoms with E-state index in [1.54, 1.807) is 18.2 Å². The first kappa shape index (κ1) is 12.4. The number of thiophene rings is 1. The lowest BCUT2D eigenvalue weighted by molar-refractivity contribution is 0.104. The zero-order valence-corrected chi connectivity index (χ0v) is 11.3. The van der Waals surface area contributed by atoms with Crippen LogP contribution in [0.15, 0.2) is 23.6 Å².